The van der Waals surface area contributed by atoms with E-state index in [1.165, 1.54) is 12.8 Å². The first-order valence-corrected chi connectivity index (χ1v) is 9.69. The molecule has 1 saturated carbocycles. The molecule has 1 amide bonds. The number of piperidine rings is 2. The Kier molecular flexibility index (Phi) is 3.59. The van der Waals surface area contributed by atoms with Crippen molar-refractivity contribution in [1.29, 1.82) is 0 Å². The minimum atomic E-state index is 0.303. The van der Waals surface area contributed by atoms with E-state index >= 15 is 0 Å². The molecule has 1 aliphatic carbocycles. The molecule has 0 radical (unpaired) electrons. The van der Waals surface area contributed by atoms with Crippen LogP contribution in [0.1, 0.15) is 43.8 Å². The summed E-state index contributed by atoms with van der Waals surface area (Å²) in [5.41, 5.74) is 2.50. The molecule has 3 fully saturated rings. The molecule has 132 valence electrons. The number of hydrogen-bond donors (Lipinski definition) is 2. The number of fused-ring (bicyclic) bond motifs is 1. The number of imidazole rings is 1. The third kappa shape index (κ3) is 2.65. The average Bonchev–Trinajstić information content (AvgIpc) is 3.16. The molecule has 2 aromatic rings. The van der Waals surface area contributed by atoms with Crippen LogP contribution < -0.4 is 5.32 Å². The fourth-order valence-electron chi connectivity index (χ4n) is 4.93. The molecule has 3 heterocycles. The highest BCUT2D eigenvalue weighted by Crippen LogP contribution is 2.59. The first-order chi connectivity index (χ1) is 12.3. The molecular formula is C20H26N4O. The fourth-order valence-corrected chi connectivity index (χ4v) is 4.93. The fraction of sp³-hybridized carbons (Fsp3) is 0.600. The van der Waals surface area contributed by atoms with E-state index in [9.17, 15) is 4.79 Å². The zero-order valence-electron chi connectivity index (χ0n) is 14.6. The number of H-pyrrole nitrogens is 1. The number of benzene rings is 1. The first kappa shape index (κ1) is 15.4. The lowest BCUT2D eigenvalue weighted by molar-refractivity contribution is -0.134. The van der Waals surface area contributed by atoms with Crippen LogP contribution in [-0.4, -0.2) is 47.0 Å². The number of nitrogens with one attached hydrogen (secondary N) is 2. The number of hydrogen-bond acceptors (Lipinski definition) is 3. The number of para-hydroxylation sites is 2. The van der Waals surface area contributed by atoms with Crippen LogP contribution in [0.2, 0.25) is 0 Å². The van der Waals surface area contributed by atoms with Crippen molar-refractivity contribution in [2.24, 2.45) is 11.3 Å². The van der Waals surface area contributed by atoms with Crippen molar-refractivity contribution in [3.63, 3.8) is 0 Å². The quantitative estimate of drug-likeness (QED) is 0.885. The molecule has 5 rings (SSSR count). The predicted octanol–water partition coefficient (Wildman–Crippen LogP) is 2.66. The summed E-state index contributed by atoms with van der Waals surface area (Å²) in [4.78, 5) is 23.3. The van der Waals surface area contributed by atoms with Gasteiger partial charge in [0.15, 0.2) is 0 Å². The Hall–Kier alpha value is -1.88. The minimum Gasteiger partial charge on any atom is -0.342 e. The van der Waals surface area contributed by atoms with E-state index in [1.807, 2.05) is 12.1 Å². The molecule has 2 saturated heterocycles. The van der Waals surface area contributed by atoms with Gasteiger partial charge in [0.1, 0.15) is 5.82 Å². The zero-order valence-corrected chi connectivity index (χ0v) is 14.6. The molecule has 0 bridgehead atoms. The van der Waals surface area contributed by atoms with Gasteiger partial charge in [0.2, 0.25) is 5.91 Å². The van der Waals surface area contributed by atoms with E-state index < -0.39 is 0 Å². The number of aromatic amines is 1. The smallest absolute Gasteiger partial charge is 0.226 e. The van der Waals surface area contributed by atoms with Crippen LogP contribution in [0.25, 0.3) is 11.0 Å². The van der Waals surface area contributed by atoms with Gasteiger partial charge in [-0.15, -0.1) is 0 Å². The molecule has 2 aliphatic heterocycles. The van der Waals surface area contributed by atoms with Crippen molar-refractivity contribution >= 4 is 16.9 Å². The van der Waals surface area contributed by atoms with Crippen LogP contribution in [0, 0.1) is 11.3 Å². The minimum absolute atomic E-state index is 0.303. The topological polar surface area (TPSA) is 61.0 Å². The number of rotatable bonds is 2. The Labute approximate surface area is 148 Å². The van der Waals surface area contributed by atoms with Crippen molar-refractivity contribution in [2.45, 2.75) is 38.0 Å². The lowest BCUT2D eigenvalue weighted by Crippen LogP contribution is -2.41. The van der Waals surface area contributed by atoms with Gasteiger partial charge in [0, 0.05) is 24.9 Å². The van der Waals surface area contributed by atoms with Crippen LogP contribution in [0.5, 0.6) is 0 Å². The number of carbonyl (C=O) groups is 1. The summed E-state index contributed by atoms with van der Waals surface area (Å²) >= 11 is 0. The molecule has 25 heavy (non-hydrogen) atoms. The number of nitrogens with zero attached hydrogens (tertiary/aromatic N) is 2. The molecule has 2 N–H and O–H groups in total. The number of amides is 1. The molecule has 1 spiro atoms. The van der Waals surface area contributed by atoms with E-state index in [-0.39, 0.29) is 0 Å². The van der Waals surface area contributed by atoms with E-state index in [4.69, 9.17) is 4.98 Å². The summed E-state index contributed by atoms with van der Waals surface area (Å²) in [5, 5.41) is 3.42. The van der Waals surface area contributed by atoms with E-state index in [0.29, 0.717) is 23.2 Å². The highest BCUT2D eigenvalue weighted by molar-refractivity contribution is 5.83. The number of likely N-dealkylation sites (tertiary alicyclic amines) is 1. The van der Waals surface area contributed by atoms with Gasteiger partial charge in [-0.1, -0.05) is 12.1 Å². The van der Waals surface area contributed by atoms with Gasteiger partial charge >= 0.3 is 0 Å². The van der Waals surface area contributed by atoms with Crippen molar-refractivity contribution in [1.82, 2.24) is 20.2 Å². The molecule has 5 nitrogen and oxygen atoms in total. The summed E-state index contributed by atoms with van der Waals surface area (Å²) in [6, 6.07) is 8.20. The molecule has 5 heteroatoms. The van der Waals surface area contributed by atoms with Gasteiger partial charge in [-0.05, 0) is 62.7 Å². The lowest BCUT2D eigenvalue weighted by atomic mass is 9.91. The lowest BCUT2D eigenvalue weighted by Gasteiger charge is -2.32. The molecule has 1 aromatic heterocycles. The van der Waals surface area contributed by atoms with Crippen molar-refractivity contribution in [3.8, 4) is 0 Å². The monoisotopic (exact) mass is 338 g/mol. The van der Waals surface area contributed by atoms with E-state index in [2.05, 4.69) is 27.3 Å². The molecule has 3 aliphatic rings. The van der Waals surface area contributed by atoms with Gasteiger partial charge in [-0.3, -0.25) is 4.79 Å². The van der Waals surface area contributed by atoms with Crippen LogP contribution in [0.4, 0.5) is 0 Å². The van der Waals surface area contributed by atoms with Gasteiger partial charge in [0.25, 0.3) is 0 Å². The molecule has 1 aromatic carbocycles. The van der Waals surface area contributed by atoms with Gasteiger partial charge in [-0.2, -0.15) is 0 Å². The maximum absolute atomic E-state index is 12.9. The summed E-state index contributed by atoms with van der Waals surface area (Å²) in [7, 11) is 0. The van der Waals surface area contributed by atoms with Crippen LogP contribution in [0.15, 0.2) is 24.3 Å². The number of carbonyl (C=O) groups excluding carboxylic acids is 1. The van der Waals surface area contributed by atoms with Crippen molar-refractivity contribution in [2.75, 3.05) is 26.2 Å². The predicted molar refractivity (Wildman–Crippen MR) is 97.3 cm³/mol. The molecule has 1 atom stereocenters. The van der Waals surface area contributed by atoms with Crippen molar-refractivity contribution in [3.05, 3.63) is 30.1 Å². The van der Waals surface area contributed by atoms with Crippen molar-refractivity contribution < 1.29 is 4.79 Å². The van der Waals surface area contributed by atoms with Gasteiger partial charge in [0.05, 0.1) is 11.0 Å². The zero-order chi connectivity index (χ0) is 16.9. The van der Waals surface area contributed by atoms with Gasteiger partial charge in [-0.25, -0.2) is 4.98 Å². The summed E-state index contributed by atoms with van der Waals surface area (Å²) < 4.78 is 0. The molecule has 1 unspecified atom stereocenters. The Balaban J connectivity index is 1.22. The highest BCUT2D eigenvalue weighted by atomic mass is 16.2. The second-order valence-electron chi connectivity index (χ2n) is 8.11. The highest BCUT2D eigenvalue weighted by Gasteiger charge is 2.58. The molecular weight excluding hydrogens is 312 g/mol. The summed E-state index contributed by atoms with van der Waals surface area (Å²) in [6.45, 7) is 3.92. The maximum atomic E-state index is 12.9. The first-order valence-electron chi connectivity index (χ1n) is 9.69. The van der Waals surface area contributed by atoms with Crippen LogP contribution in [-0.2, 0) is 4.79 Å². The largest absolute Gasteiger partial charge is 0.342 e. The third-order valence-electron chi connectivity index (χ3n) is 6.69. The van der Waals surface area contributed by atoms with Gasteiger partial charge < -0.3 is 15.2 Å². The van der Waals surface area contributed by atoms with Crippen LogP contribution in [0.3, 0.4) is 0 Å². The Morgan fingerprint density at radius 3 is 2.68 bits per heavy atom. The Morgan fingerprint density at radius 1 is 1.16 bits per heavy atom. The Bertz CT molecular complexity index is 751. The van der Waals surface area contributed by atoms with Crippen LogP contribution >= 0.6 is 0 Å². The number of aromatic nitrogens is 2. The van der Waals surface area contributed by atoms with E-state index in [1.54, 1.807) is 0 Å². The third-order valence-corrected chi connectivity index (χ3v) is 6.69. The Morgan fingerprint density at radius 2 is 1.92 bits per heavy atom. The second-order valence-corrected chi connectivity index (χ2v) is 8.11. The SMILES string of the molecule is O=C(C1CC12CCNCC2)N1CCC(c2nc3ccccc3[nH]2)CC1. The second kappa shape index (κ2) is 5.84. The summed E-state index contributed by atoms with van der Waals surface area (Å²) in [5.74, 6) is 2.26. The standard InChI is InChI=1S/C20H26N4O/c25-19(15-13-20(15)7-9-21-10-8-20)24-11-5-14(6-12-24)18-22-16-3-1-2-4-17(16)23-18/h1-4,14-15,21H,5-13H2,(H,22,23). The maximum Gasteiger partial charge on any atom is 0.226 e. The average molecular weight is 338 g/mol. The summed E-state index contributed by atoms with van der Waals surface area (Å²) in [6.07, 6.45) is 5.52. The normalized spacial score (nSPS) is 26.2. The van der Waals surface area contributed by atoms with E-state index in [0.717, 1.165) is 62.3 Å².